The molecule has 1 fully saturated rings. The van der Waals surface area contributed by atoms with Crippen molar-refractivity contribution in [1.29, 1.82) is 0 Å². The molecule has 5 atom stereocenters. The first-order valence-electron chi connectivity index (χ1n) is 11.4. The second-order valence-corrected chi connectivity index (χ2v) is 9.61. The van der Waals surface area contributed by atoms with Crippen LogP contribution in [-0.2, 0) is 16.0 Å². The number of carboxylic acid groups (broad SMARTS) is 1. The Morgan fingerprint density at radius 1 is 1.06 bits per heavy atom. The van der Waals surface area contributed by atoms with Crippen LogP contribution in [0.25, 0.3) is 11.1 Å². The van der Waals surface area contributed by atoms with E-state index in [1.807, 2.05) is 0 Å². The third-order valence-electron chi connectivity index (χ3n) is 7.69. The molecule has 0 radical (unpaired) electrons. The largest absolute Gasteiger partial charge is 0.508 e. The topological polar surface area (TPSA) is 195 Å². The van der Waals surface area contributed by atoms with Gasteiger partial charge in [-0.05, 0) is 60.1 Å². The van der Waals surface area contributed by atoms with Crippen molar-refractivity contribution in [3.8, 4) is 16.9 Å². The second kappa shape index (κ2) is 8.00. The van der Waals surface area contributed by atoms with Crippen LogP contribution in [-0.4, -0.2) is 60.7 Å². The maximum absolute atomic E-state index is 13.6. The van der Waals surface area contributed by atoms with Crippen LogP contribution in [0.2, 0.25) is 0 Å². The summed E-state index contributed by atoms with van der Waals surface area (Å²) < 4.78 is 0. The van der Waals surface area contributed by atoms with Crippen LogP contribution in [0.5, 0.6) is 5.75 Å². The molecule has 2 unspecified atom stereocenters. The van der Waals surface area contributed by atoms with Gasteiger partial charge in [-0.3, -0.25) is 14.4 Å². The van der Waals surface area contributed by atoms with E-state index < -0.39 is 58.7 Å². The number of amides is 1. The summed E-state index contributed by atoms with van der Waals surface area (Å²) in [6, 6.07) is 8.96. The van der Waals surface area contributed by atoms with Gasteiger partial charge in [-0.15, -0.1) is 0 Å². The summed E-state index contributed by atoms with van der Waals surface area (Å²) >= 11 is 0. The van der Waals surface area contributed by atoms with Crippen molar-refractivity contribution in [1.82, 2.24) is 0 Å². The Morgan fingerprint density at radius 2 is 1.78 bits per heavy atom. The first-order chi connectivity index (χ1) is 17.0. The predicted octanol–water partition coefficient (Wildman–Crippen LogP) is 1.11. The standard InChI is InChI=1S/C26H23NO9/c27-24(33)20-17(29)9-13-7-12-8-15-14(10-2-1-3-11(6-10)25(34)35)4-5-16(28)19(15)21(30)18(12)22(31)26(13,36)23(20)32/h1-6,12-13,17,20,28-29,31,36H,7-9H2,(H2,27,33)(H,34,35)/t12-,13+,17?,20?,26+/m1/s1. The van der Waals surface area contributed by atoms with Gasteiger partial charge in [-0.2, -0.15) is 0 Å². The molecule has 2 aromatic carbocycles. The molecule has 36 heavy (non-hydrogen) atoms. The monoisotopic (exact) mass is 493 g/mol. The minimum Gasteiger partial charge on any atom is -0.508 e. The zero-order chi connectivity index (χ0) is 26.1. The van der Waals surface area contributed by atoms with Crippen molar-refractivity contribution in [2.45, 2.75) is 31.0 Å². The molecule has 0 spiro atoms. The highest BCUT2D eigenvalue weighted by Gasteiger charge is 2.62. The summed E-state index contributed by atoms with van der Waals surface area (Å²) in [5.74, 6) is -8.86. The SMILES string of the molecule is NC(=O)C1C(=O)[C@@]2(O)C(O)=C3C(=O)c4c(O)ccc(-c5cccc(C(=O)O)c5)c4C[C@H]3C[C@H]2CC1O. The summed E-state index contributed by atoms with van der Waals surface area (Å²) in [7, 11) is 0. The number of carboxylic acids is 1. The number of primary amides is 1. The number of aromatic hydroxyl groups is 1. The van der Waals surface area contributed by atoms with Gasteiger partial charge < -0.3 is 31.3 Å². The van der Waals surface area contributed by atoms with Crippen molar-refractivity contribution >= 4 is 23.4 Å². The van der Waals surface area contributed by atoms with Crippen LogP contribution in [0.4, 0.5) is 0 Å². The lowest BCUT2D eigenvalue weighted by molar-refractivity contribution is -0.167. The van der Waals surface area contributed by atoms with Gasteiger partial charge in [0.1, 0.15) is 17.4 Å². The maximum atomic E-state index is 13.6. The fourth-order valence-electron chi connectivity index (χ4n) is 6.02. The lowest BCUT2D eigenvalue weighted by Crippen LogP contribution is -2.63. The Labute approximate surface area is 204 Å². The van der Waals surface area contributed by atoms with E-state index in [4.69, 9.17) is 5.73 Å². The van der Waals surface area contributed by atoms with E-state index in [0.717, 1.165) is 0 Å². The smallest absolute Gasteiger partial charge is 0.335 e. The number of ketones is 2. The Hall–Kier alpha value is -4.02. The molecule has 0 aromatic heterocycles. The van der Waals surface area contributed by atoms with Gasteiger partial charge in [0.15, 0.2) is 17.2 Å². The number of benzene rings is 2. The number of Topliss-reactive ketones (excluding diaryl/α,β-unsaturated/α-hetero) is 2. The molecule has 3 aliphatic carbocycles. The number of aliphatic hydroxyl groups excluding tert-OH is 2. The third kappa shape index (κ3) is 3.18. The van der Waals surface area contributed by atoms with Crippen LogP contribution in [0.1, 0.15) is 39.1 Å². The lowest BCUT2D eigenvalue weighted by Gasteiger charge is -2.48. The van der Waals surface area contributed by atoms with Crippen molar-refractivity contribution < 1.29 is 44.7 Å². The van der Waals surface area contributed by atoms with Gasteiger partial charge in [0.25, 0.3) is 0 Å². The molecule has 0 heterocycles. The van der Waals surface area contributed by atoms with E-state index in [-0.39, 0.29) is 41.7 Å². The highest BCUT2D eigenvalue weighted by Crippen LogP contribution is 2.52. The normalized spacial score (nSPS) is 29.3. The van der Waals surface area contributed by atoms with Crippen LogP contribution in [0, 0.1) is 17.8 Å². The van der Waals surface area contributed by atoms with E-state index >= 15 is 0 Å². The molecule has 7 N–H and O–H groups in total. The summed E-state index contributed by atoms with van der Waals surface area (Å²) in [6.07, 6.45) is -1.46. The molecule has 186 valence electrons. The summed E-state index contributed by atoms with van der Waals surface area (Å²) in [5, 5.41) is 52.7. The summed E-state index contributed by atoms with van der Waals surface area (Å²) in [5.41, 5.74) is 3.83. The number of nitrogens with two attached hydrogens (primary N) is 1. The quantitative estimate of drug-likeness (QED) is 0.339. The average Bonchev–Trinajstić information content (AvgIpc) is 2.81. The summed E-state index contributed by atoms with van der Waals surface area (Å²) in [6.45, 7) is 0. The molecule has 1 amide bonds. The number of aromatic carboxylic acids is 1. The minimum atomic E-state index is -2.57. The number of phenolic OH excluding ortho intramolecular Hbond substituents is 1. The fraction of sp³-hybridized carbons (Fsp3) is 0.308. The number of hydrogen-bond donors (Lipinski definition) is 6. The number of rotatable bonds is 3. The van der Waals surface area contributed by atoms with Crippen molar-refractivity contribution in [3.63, 3.8) is 0 Å². The predicted molar refractivity (Wildman–Crippen MR) is 123 cm³/mol. The van der Waals surface area contributed by atoms with Crippen LogP contribution in [0.3, 0.4) is 0 Å². The van der Waals surface area contributed by atoms with Gasteiger partial charge >= 0.3 is 5.97 Å². The summed E-state index contributed by atoms with van der Waals surface area (Å²) in [4.78, 5) is 49.9. The molecule has 0 saturated heterocycles. The highest BCUT2D eigenvalue weighted by atomic mass is 16.4. The van der Waals surface area contributed by atoms with Gasteiger partial charge in [-0.1, -0.05) is 18.2 Å². The minimum absolute atomic E-state index is 0.0381. The molecule has 0 bridgehead atoms. The number of allylic oxidation sites excluding steroid dienone is 1. The van der Waals surface area contributed by atoms with E-state index in [2.05, 4.69) is 0 Å². The van der Waals surface area contributed by atoms with Crippen LogP contribution in [0.15, 0.2) is 47.7 Å². The second-order valence-electron chi connectivity index (χ2n) is 9.61. The molecule has 5 rings (SSSR count). The number of aliphatic hydroxyl groups is 3. The Morgan fingerprint density at radius 3 is 2.44 bits per heavy atom. The molecular formula is C26H23NO9. The number of carbonyl (C=O) groups excluding carboxylic acids is 3. The Balaban J connectivity index is 1.67. The lowest BCUT2D eigenvalue weighted by atomic mass is 9.57. The van der Waals surface area contributed by atoms with Crippen molar-refractivity contribution in [2.24, 2.45) is 23.5 Å². The first-order valence-corrected chi connectivity index (χ1v) is 11.4. The van der Waals surface area contributed by atoms with Crippen molar-refractivity contribution in [3.05, 3.63) is 64.4 Å². The zero-order valence-corrected chi connectivity index (χ0v) is 18.8. The fourth-order valence-corrected chi connectivity index (χ4v) is 6.02. The Bertz CT molecular complexity index is 1390. The molecule has 10 nitrogen and oxygen atoms in total. The van der Waals surface area contributed by atoms with Gasteiger partial charge in [0.05, 0.1) is 17.2 Å². The first kappa shape index (κ1) is 23.7. The maximum Gasteiger partial charge on any atom is 0.335 e. The molecule has 2 aromatic rings. The number of carbonyl (C=O) groups is 4. The van der Waals surface area contributed by atoms with Gasteiger partial charge in [0, 0.05) is 11.5 Å². The van der Waals surface area contributed by atoms with Crippen molar-refractivity contribution in [2.75, 3.05) is 0 Å². The molecule has 0 aliphatic heterocycles. The van der Waals surface area contributed by atoms with Crippen LogP contribution >= 0.6 is 0 Å². The van der Waals surface area contributed by atoms with E-state index in [9.17, 15) is 44.7 Å². The molecular weight excluding hydrogens is 470 g/mol. The highest BCUT2D eigenvalue weighted by molar-refractivity contribution is 6.16. The molecule has 1 saturated carbocycles. The number of fused-ring (bicyclic) bond motifs is 3. The van der Waals surface area contributed by atoms with E-state index in [1.165, 1.54) is 18.2 Å². The number of phenols is 1. The molecule has 10 heteroatoms. The average molecular weight is 493 g/mol. The zero-order valence-electron chi connectivity index (χ0n) is 18.8. The molecule has 3 aliphatic rings. The number of hydrogen-bond acceptors (Lipinski definition) is 8. The van der Waals surface area contributed by atoms with Gasteiger partial charge in [-0.25, -0.2) is 4.79 Å². The van der Waals surface area contributed by atoms with E-state index in [0.29, 0.717) is 16.7 Å². The van der Waals surface area contributed by atoms with Gasteiger partial charge in [0.2, 0.25) is 5.91 Å². The third-order valence-corrected chi connectivity index (χ3v) is 7.69. The van der Waals surface area contributed by atoms with Crippen LogP contribution < -0.4 is 5.73 Å². The Kier molecular flexibility index (Phi) is 5.27. The van der Waals surface area contributed by atoms with E-state index in [1.54, 1.807) is 18.2 Å².